The highest BCUT2D eigenvalue weighted by Gasteiger charge is 2.02. The molecule has 2 nitrogen and oxygen atoms in total. The minimum Gasteiger partial charge on any atom is -0.329 e. The number of aromatic nitrogens is 1. The second kappa shape index (κ2) is 7.38. The average Bonchev–Trinajstić information content (AvgIpc) is 2.89. The first-order chi connectivity index (χ1) is 8.69. The molecule has 0 N–H and O–H groups in total. The van der Waals surface area contributed by atoms with Crippen molar-refractivity contribution in [3.05, 3.63) is 68.4 Å². The first kappa shape index (κ1) is 14.1. The monoisotopic (exact) mass is 242 g/mol. The van der Waals surface area contributed by atoms with Gasteiger partial charge in [0.2, 0.25) is 0 Å². The highest BCUT2D eigenvalue weighted by molar-refractivity contribution is 5.41. The zero-order valence-electron chi connectivity index (χ0n) is 11.2. The molecular weight excluding hydrogens is 220 g/mol. The van der Waals surface area contributed by atoms with Gasteiger partial charge >= 0.3 is 0 Å². The SMILES string of the molecule is C=CN(/C=C\C)C(=C)CCCC(=C)n1cccc1. The van der Waals surface area contributed by atoms with E-state index in [-0.39, 0.29) is 0 Å². The molecular formula is C16H22N2. The summed E-state index contributed by atoms with van der Waals surface area (Å²) >= 11 is 0. The van der Waals surface area contributed by atoms with E-state index >= 15 is 0 Å². The maximum absolute atomic E-state index is 4.08. The van der Waals surface area contributed by atoms with Crippen LogP contribution in [0.5, 0.6) is 0 Å². The predicted molar refractivity (Wildman–Crippen MR) is 79.6 cm³/mol. The Morgan fingerprint density at radius 2 is 1.89 bits per heavy atom. The van der Waals surface area contributed by atoms with E-state index in [4.69, 9.17) is 0 Å². The van der Waals surface area contributed by atoms with Crippen LogP contribution < -0.4 is 0 Å². The lowest BCUT2D eigenvalue weighted by Crippen LogP contribution is -2.07. The molecule has 96 valence electrons. The van der Waals surface area contributed by atoms with Crippen molar-refractivity contribution < 1.29 is 0 Å². The summed E-state index contributed by atoms with van der Waals surface area (Å²) in [5.41, 5.74) is 2.17. The predicted octanol–water partition coefficient (Wildman–Crippen LogP) is 4.62. The zero-order chi connectivity index (χ0) is 13.4. The van der Waals surface area contributed by atoms with Gasteiger partial charge in [0.05, 0.1) is 0 Å². The second-order valence-corrected chi connectivity index (χ2v) is 4.15. The van der Waals surface area contributed by atoms with Crippen LogP contribution in [0.1, 0.15) is 26.2 Å². The van der Waals surface area contributed by atoms with Crippen molar-refractivity contribution in [2.24, 2.45) is 0 Å². The third kappa shape index (κ3) is 4.13. The molecule has 0 aliphatic carbocycles. The van der Waals surface area contributed by atoms with E-state index in [1.54, 1.807) is 6.20 Å². The van der Waals surface area contributed by atoms with Crippen molar-refractivity contribution in [1.29, 1.82) is 0 Å². The molecule has 0 saturated heterocycles. The summed E-state index contributed by atoms with van der Waals surface area (Å²) < 4.78 is 2.06. The normalized spacial score (nSPS) is 10.5. The number of rotatable bonds is 8. The molecule has 0 saturated carbocycles. The van der Waals surface area contributed by atoms with Crippen LogP contribution in [0.3, 0.4) is 0 Å². The van der Waals surface area contributed by atoms with Crippen LogP contribution in [-0.4, -0.2) is 9.47 Å². The van der Waals surface area contributed by atoms with Gasteiger partial charge in [-0.05, 0) is 38.3 Å². The molecule has 0 aliphatic rings. The molecule has 18 heavy (non-hydrogen) atoms. The smallest absolute Gasteiger partial charge is 0.0148 e. The number of hydrogen-bond donors (Lipinski definition) is 0. The standard InChI is InChI=1S/C16H22N2/c1-5-12-17(6-2)15(3)10-9-11-16(4)18-13-7-8-14-18/h5-8,12-14H,2-4,9-11H2,1H3/b12-5-. The molecule has 0 amide bonds. The van der Waals surface area contributed by atoms with Crippen molar-refractivity contribution >= 4 is 5.70 Å². The highest BCUT2D eigenvalue weighted by Crippen LogP contribution is 2.16. The Balaban J connectivity index is 2.35. The van der Waals surface area contributed by atoms with Crippen molar-refractivity contribution in [2.45, 2.75) is 26.2 Å². The lowest BCUT2D eigenvalue weighted by Gasteiger charge is -2.18. The fourth-order valence-electron chi connectivity index (χ4n) is 1.76. The first-order valence-corrected chi connectivity index (χ1v) is 6.21. The molecule has 1 aromatic heterocycles. The first-order valence-electron chi connectivity index (χ1n) is 6.21. The summed E-state index contributed by atoms with van der Waals surface area (Å²) in [6.45, 7) is 13.9. The van der Waals surface area contributed by atoms with E-state index in [0.29, 0.717) is 0 Å². The van der Waals surface area contributed by atoms with Gasteiger partial charge in [0.15, 0.2) is 0 Å². The van der Waals surface area contributed by atoms with E-state index in [1.807, 2.05) is 48.6 Å². The van der Waals surface area contributed by atoms with Gasteiger partial charge in [-0.2, -0.15) is 0 Å². The van der Waals surface area contributed by atoms with Crippen molar-refractivity contribution in [3.63, 3.8) is 0 Å². The Labute approximate surface area is 110 Å². The Hall–Kier alpha value is -1.96. The summed E-state index contributed by atoms with van der Waals surface area (Å²) in [5, 5.41) is 0. The number of nitrogens with zero attached hydrogens (tertiary/aromatic N) is 2. The van der Waals surface area contributed by atoms with Crippen LogP contribution in [0.4, 0.5) is 0 Å². The number of allylic oxidation sites excluding steroid dienone is 3. The Bertz CT molecular complexity index is 424. The molecule has 0 unspecified atom stereocenters. The summed E-state index contributed by atoms with van der Waals surface area (Å²) in [4.78, 5) is 1.96. The minimum absolute atomic E-state index is 0.941. The van der Waals surface area contributed by atoms with Gasteiger partial charge in [-0.15, -0.1) is 0 Å². The number of hydrogen-bond acceptors (Lipinski definition) is 1. The fourth-order valence-corrected chi connectivity index (χ4v) is 1.76. The van der Waals surface area contributed by atoms with Crippen molar-refractivity contribution in [1.82, 2.24) is 9.47 Å². The topological polar surface area (TPSA) is 8.17 Å². The van der Waals surface area contributed by atoms with E-state index in [1.165, 1.54) is 0 Å². The van der Waals surface area contributed by atoms with Crippen LogP contribution in [0.2, 0.25) is 0 Å². The van der Waals surface area contributed by atoms with Gasteiger partial charge in [0, 0.05) is 36.2 Å². The molecule has 1 rings (SSSR count). The average molecular weight is 242 g/mol. The zero-order valence-corrected chi connectivity index (χ0v) is 11.2. The molecule has 1 aromatic rings. The Morgan fingerprint density at radius 3 is 2.44 bits per heavy atom. The fraction of sp³-hybridized carbons (Fsp3) is 0.250. The molecule has 0 aromatic carbocycles. The van der Waals surface area contributed by atoms with Gasteiger partial charge in [-0.25, -0.2) is 0 Å². The maximum Gasteiger partial charge on any atom is 0.0148 e. The van der Waals surface area contributed by atoms with Gasteiger partial charge in [-0.3, -0.25) is 0 Å². The van der Waals surface area contributed by atoms with Crippen LogP contribution in [0.15, 0.2) is 68.4 Å². The molecule has 0 radical (unpaired) electrons. The van der Waals surface area contributed by atoms with Crippen LogP contribution in [0, 0.1) is 0 Å². The quantitative estimate of drug-likeness (QED) is 0.645. The third-order valence-electron chi connectivity index (χ3n) is 2.77. The third-order valence-corrected chi connectivity index (χ3v) is 2.77. The van der Waals surface area contributed by atoms with Gasteiger partial charge in [0.25, 0.3) is 0 Å². The van der Waals surface area contributed by atoms with E-state index in [9.17, 15) is 0 Å². The Kier molecular flexibility index (Phi) is 5.78. The minimum atomic E-state index is 0.941. The second-order valence-electron chi connectivity index (χ2n) is 4.15. The van der Waals surface area contributed by atoms with Crippen LogP contribution in [0.25, 0.3) is 5.70 Å². The maximum atomic E-state index is 4.08. The van der Waals surface area contributed by atoms with Gasteiger partial charge in [-0.1, -0.05) is 25.8 Å². The lowest BCUT2D eigenvalue weighted by molar-refractivity contribution is 0.581. The lowest BCUT2D eigenvalue weighted by atomic mass is 10.1. The van der Waals surface area contributed by atoms with Crippen LogP contribution >= 0.6 is 0 Å². The van der Waals surface area contributed by atoms with Crippen molar-refractivity contribution in [2.75, 3.05) is 0 Å². The van der Waals surface area contributed by atoms with Crippen molar-refractivity contribution in [3.8, 4) is 0 Å². The van der Waals surface area contributed by atoms with E-state index in [2.05, 4.69) is 24.3 Å². The molecule has 0 aliphatic heterocycles. The van der Waals surface area contributed by atoms with Crippen LogP contribution in [-0.2, 0) is 0 Å². The molecule has 0 fully saturated rings. The summed E-state index contributed by atoms with van der Waals surface area (Å²) in [6.07, 6.45) is 12.7. The highest BCUT2D eigenvalue weighted by atomic mass is 15.1. The van der Waals surface area contributed by atoms with Gasteiger partial charge < -0.3 is 9.47 Å². The largest absolute Gasteiger partial charge is 0.329 e. The Morgan fingerprint density at radius 1 is 1.22 bits per heavy atom. The molecule has 0 spiro atoms. The molecule has 2 heteroatoms. The molecule has 0 bridgehead atoms. The summed E-state index contributed by atoms with van der Waals surface area (Å²) in [7, 11) is 0. The van der Waals surface area contributed by atoms with E-state index < -0.39 is 0 Å². The van der Waals surface area contributed by atoms with E-state index in [0.717, 1.165) is 30.7 Å². The molecule has 0 atom stereocenters. The molecule has 1 heterocycles. The summed E-state index contributed by atoms with van der Waals surface area (Å²) in [6, 6.07) is 4.02. The van der Waals surface area contributed by atoms with Gasteiger partial charge in [0.1, 0.15) is 0 Å². The summed E-state index contributed by atoms with van der Waals surface area (Å²) in [5.74, 6) is 0.